The normalized spacial score (nSPS) is 16.0. The van der Waals surface area contributed by atoms with Crippen LogP contribution in [0, 0.1) is 5.92 Å². The number of nitrogens with zero attached hydrogens (tertiary/aromatic N) is 4. The van der Waals surface area contributed by atoms with Gasteiger partial charge in [0, 0.05) is 41.7 Å². The summed E-state index contributed by atoms with van der Waals surface area (Å²) >= 11 is 1.38. The Morgan fingerprint density at radius 3 is 2.55 bits per heavy atom. The summed E-state index contributed by atoms with van der Waals surface area (Å²) in [5.74, 6) is 4.13. The second-order valence-corrected chi connectivity index (χ2v) is 11.6. The van der Waals surface area contributed by atoms with Crippen LogP contribution < -0.4 is 14.8 Å². The van der Waals surface area contributed by atoms with Gasteiger partial charge in [-0.25, -0.2) is 4.98 Å². The van der Waals surface area contributed by atoms with E-state index >= 15 is 0 Å². The molecular weight excluding hydrogens is 522 g/mol. The highest BCUT2D eigenvalue weighted by molar-refractivity contribution is 7.13. The third-order valence-corrected chi connectivity index (χ3v) is 8.40. The number of anilines is 1. The van der Waals surface area contributed by atoms with E-state index in [0.717, 1.165) is 43.0 Å². The van der Waals surface area contributed by atoms with Crippen molar-refractivity contribution < 1.29 is 14.3 Å². The van der Waals surface area contributed by atoms with Crippen molar-refractivity contribution in [2.75, 3.05) is 11.9 Å². The lowest BCUT2D eigenvalue weighted by atomic mass is 9.90. The molecule has 3 heterocycles. The minimum absolute atomic E-state index is 0.249. The lowest BCUT2D eigenvalue weighted by Gasteiger charge is -2.22. The van der Waals surface area contributed by atoms with Crippen LogP contribution in [0.1, 0.15) is 74.0 Å². The molecule has 6 rings (SSSR count). The SMILES string of the molecule is O=C(Nc1nccs1)c1cc(OCC2CCCCC2)cc(Oc2ccc(-c3nnc4n3CCCCCC4)cc2)c1. The van der Waals surface area contributed by atoms with Crippen LogP contribution in [0.3, 0.4) is 0 Å². The molecule has 8 nitrogen and oxygen atoms in total. The molecule has 1 aliphatic carbocycles. The summed E-state index contributed by atoms with van der Waals surface area (Å²) in [6, 6.07) is 13.3. The minimum Gasteiger partial charge on any atom is -0.493 e. The number of thiazole rings is 1. The molecule has 0 radical (unpaired) electrons. The van der Waals surface area contributed by atoms with E-state index in [1.165, 1.54) is 56.3 Å². The number of aromatic nitrogens is 4. The van der Waals surface area contributed by atoms with Crippen molar-refractivity contribution in [3.05, 3.63) is 65.4 Å². The first-order chi connectivity index (χ1) is 19.7. The van der Waals surface area contributed by atoms with Gasteiger partial charge in [0.1, 0.15) is 23.1 Å². The third kappa shape index (κ3) is 6.53. The molecule has 40 heavy (non-hydrogen) atoms. The van der Waals surface area contributed by atoms with Crippen LogP contribution in [-0.4, -0.2) is 32.3 Å². The molecule has 9 heteroatoms. The van der Waals surface area contributed by atoms with Gasteiger partial charge < -0.3 is 14.0 Å². The maximum Gasteiger partial charge on any atom is 0.257 e. The Balaban J connectivity index is 1.20. The number of benzene rings is 2. The molecule has 0 unspecified atom stereocenters. The fourth-order valence-corrected chi connectivity index (χ4v) is 6.07. The van der Waals surface area contributed by atoms with Crippen LogP contribution in [-0.2, 0) is 13.0 Å². The van der Waals surface area contributed by atoms with Gasteiger partial charge in [0.25, 0.3) is 5.91 Å². The van der Waals surface area contributed by atoms with Crippen molar-refractivity contribution in [2.45, 2.75) is 70.8 Å². The second-order valence-electron chi connectivity index (χ2n) is 10.7. The molecule has 208 valence electrons. The molecule has 4 aromatic rings. The molecule has 2 aliphatic rings. The van der Waals surface area contributed by atoms with Crippen molar-refractivity contribution in [1.82, 2.24) is 19.7 Å². The fourth-order valence-electron chi connectivity index (χ4n) is 5.55. The number of rotatable bonds is 8. The van der Waals surface area contributed by atoms with Crippen LogP contribution >= 0.6 is 11.3 Å². The van der Waals surface area contributed by atoms with E-state index in [4.69, 9.17) is 9.47 Å². The van der Waals surface area contributed by atoms with Gasteiger partial charge in [-0.2, -0.15) is 0 Å². The number of amides is 1. The lowest BCUT2D eigenvalue weighted by Crippen LogP contribution is -2.16. The molecule has 2 aromatic carbocycles. The monoisotopic (exact) mass is 557 g/mol. The molecule has 1 saturated carbocycles. The van der Waals surface area contributed by atoms with E-state index in [1.54, 1.807) is 18.3 Å². The number of hydrogen-bond donors (Lipinski definition) is 1. The average Bonchev–Trinajstić information content (AvgIpc) is 3.62. The van der Waals surface area contributed by atoms with Crippen LogP contribution in [0.5, 0.6) is 17.2 Å². The highest BCUT2D eigenvalue weighted by Gasteiger charge is 2.18. The summed E-state index contributed by atoms with van der Waals surface area (Å²) in [6.07, 6.45) is 13.7. The van der Waals surface area contributed by atoms with Gasteiger partial charge in [0.05, 0.1) is 6.61 Å². The number of nitrogens with one attached hydrogen (secondary N) is 1. The summed E-state index contributed by atoms with van der Waals surface area (Å²) < 4.78 is 14.7. The van der Waals surface area contributed by atoms with E-state index in [9.17, 15) is 4.79 Å². The lowest BCUT2D eigenvalue weighted by molar-refractivity contribution is 0.102. The maximum atomic E-state index is 13.0. The molecule has 0 saturated heterocycles. The fraction of sp³-hybridized carbons (Fsp3) is 0.419. The topological polar surface area (TPSA) is 91.2 Å². The second kappa shape index (κ2) is 12.6. The van der Waals surface area contributed by atoms with Gasteiger partial charge >= 0.3 is 0 Å². The highest BCUT2D eigenvalue weighted by Crippen LogP contribution is 2.31. The van der Waals surface area contributed by atoms with Crippen LogP contribution in [0.2, 0.25) is 0 Å². The Morgan fingerprint density at radius 2 is 1.73 bits per heavy atom. The summed E-state index contributed by atoms with van der Waals surface area (Å²) in [7, 11) is 0. The Hall–Kier alpha value is -3.72. The number of carbonyl (C=O) groups excluding carboxylic acids is 1. The molecule has 0 spiro atoms. The maximum absolute atomic E-state index is 13.0. The molecule has 1 amide bonds. The Labute approximate surface area is 238 Å². The minimum atomic E-state index is -0.249. The molecule has 0 bridgehead atoms. The van der Waals surface area contributed by atoms with E-state index in [2.05, 4.69) is 25.1 Å². The third-order valence-electron chi connectivity index (χ3n) is 7.71. The quantitative estimate of drug-likeness (QED) is 0.241. The van der Waals surface area contributed by atoms with Gasteiger partial charge in [-0.1, -0.05) is 32.1 Å². The molecule has 0 atom stereocenters. The Bertz CT molecular complexity index is 1410. The van der Waals surface area contributed by atoms with Crippen LogP contribution in [0.25, 0.3) is 11.4 Å². The summed E-state index contributed by atoms with van der Waals surface area (Å²) in [6.45, 7) is 1.60. The smallest absolute Gasteiger partial charge is 0.257 e. The van der Waals surface area contributed by atoms with Crippen molar-refractivity contribution in [3.63, 3.8) is 0 Å². The van der Waals surface area contributed by atoms with Gasteiger partial charge in [0.15, 0.2) is 11.0 Å². The molecule has 2 aromatic heterocycles. The van der Waals surface area contributed by atoms with E-state index in [1.807, 2.05) is 35.7 Å². The van der Waals surface area contributed by atoms with Gasteiger partial charge in [-0.05, 0) is 68.0 Å². The van der Waals surface area contributed by atoms with E-state index in [0.29, 0.717) is 40.5 Å². The zero-order valence-corrected chi connectivity index (χ0v) is 23.5. The zero-order valence-electron chi connectivity index (χ0n) is 22.7. The largest absolute Gasteiger partial charge is 0.493 e. The highest BCUT2D eigenvalue weighted by atomic mass is 32.1. The number of carbonyl (C=O) groups is 1. The van der Waals surface area contributed by atoms with Gasteiger partial charge in [0.2, 0.25) is 0 Å². The average molecular weight is 558 g/mol. The molecule has 1 fully saturated rings. The van der Waals surface area contributed by atoms with Crippen molar-refractivity contribution in [1.29, 1.82) is 0 Å². The summed E-state index contributed by atoms with van der Waals surface area (Å²) in [5.41, 5.74) is 1.48. The van der Waals surface area contributed by atoms with E-state index in [-0.39, 0.29) is 5.91 Å². The molecular formula is C31H35N5O3S. The summed E-state index contributed by atoms with van der Waals surface area (Å²) in [5, 5.41) is 14.2. The molecule has 1 aliphatic heterocycles. The van der Waals surface area contributed by atoms with Crippen LogP contribution in [0.4, 0.5) is 5.13 Å². The number of ether oxygens (including phenoxy) is 2. The number of hydrogen-bond acceptors (Lipinski definition) is 7. The standard InChI is InChI=1S/C31H35N5O3S/c37-30(33-31-32-15-17-40-31)24-18-26(38-21-22-8-4-3-5-9-22)20-27(19-24)39-25-13-11-23(12-14-25)29-35-34-28-10-6-1-2-7-16-36(28)29/h11-15,17-20,22H,1-10,16,21H2,(H,32,33,37). The Kier molecular flexibility index (Phi) is 8.37. The predicted molar refractivity (Wildman–Crippen MR) is 156 cm³/mol. The number of aryl methyl sites for hydroxylation is 1. The van der Waals surface area contributed by atoms with Crippen molar-refractivity contribution in [3.8, 4) is 28.6 Å². The van der Waals surface area contributed by atoms with Crippen molar-refractivity contribution in [2.24, 2.45) is 5.92 Å². The van der Waals surface area contributed by atoms with Gasteiger partial charge in [-0.15, -0.1) is 21.5 Å². The first kappa shape index (κ1) is 26.5. The van der Waals surface area contributed by atoms with Crippen molar-refractivity contribution >= 4 is 22.4 Å². The first-order valence-electron chi connectivity index (χ1n) is 14.4. The molecule has 1 N–H and O–H groups in total. The predicted octanol–water partition coefficient (Wildman–Crippen LogP) is 7.52. The van der Waals surface area contributed by atoms with Gasteiger partial charge in [-0.3, -0.25) is 10.1 Å². The Morgan fingerprint density at radius 1 is 0.925 bits per heavy atom. The van der Waals surface area contributed by atoms with E-state index < -0.39 is 0 Å². The van der Waals surface area contributed by atoms with Crippen LogP contribution in [0.15, 0.2) is 54.0 Å². The first-order valence-corrected chi connectivity index (χ1v) is 15.3. The number of fused-ring (bicyclic) bond motifs is 1. The zero-order chi connectivity index (χ0) is 27.1. The summed E-state index contributed by atoms with van der Waals surface area (Å²) in [4.78, 5) is 17.2.